The van der Waals surface area contributed by atoms with Crippen molar-refractivity contribution in [1.82, 2.24) is 24.8 Å². The first kappa shape index (κ1) is 26.4. The first-order valence-corrected chi connectivity index (χ1v) is 13.6. The minimum Gasteiger partial charge on any atom is -0.390 e. The molecule has 0 saturated carbocycles. The maximum atomic E-state index is 14.1. The third-order valence-electron chi connectivity index (χ3n) is 8.86. The van der Waals surface area contributed by atoms with Gasteiger partial charge in [0.1, 0.15) is 17.1 Å². The maximum Gasteiger partial charge on any atom is 0.250 e. The Hall–Kier alpha value is -3.82. The molecule has 3 aromatic carbocycles. The summed E-state index contributed by atoms with van der Waals surface area (Å²) in [6.45, 7) is 2.88. The Labute approximate surface area is 233 Å². The predicted octanol–water partition coefficient (Wildman–Crippen LogP) is 4.14. The zero-order valence-electron chi connectivity index (χ0n) is 21.7. The van der Waals surface area contributed by atoms with Crippen LogP contribution < -0.4 is 4.90 Å². The molecule has 40 heavy (non-hydrogen) atoms. The van der Waals surface area contributed by atoms with Crippen LogP contribution in [0.1, 0.15) is 43.1 Å². The van der Waals surface area contributed by atoms with Crippen LogP contribution in [0.5, 0.6) is 0 Å². The van der Waals surface area contributed by atoms with Gasteiger partial charge in [-0.15, -0.1) is 5.10 Å². The highest BCUT2D eigenvalue weighted by molar-refractivity contribution is 5.94. The molecule has 1 amide bonds. The predicted molar refractivity (Wildman–Crippen MR) is 152 cm³/mol. The van der Waals surface area contributed by atoms with E-state index in [0.29, 0.717) is 44.3 Å². The van der Waals surface area contributed by atoms with Crippen molar-refractivity contribution in [2.45, 2.75) is 51.4 Å². The molecule has 0 radical (unpaired) electrons. The number of aromatic nitrogens is 3. The Kier molecular flexibility index (Phi) is 6.80. The fourth-order valence-electron chi connectivity index (χ4n) is 6.88. The lowest BCUT2D eigenvalue weighted by Crippen LogP contribution is -2.57. The Balaban J connectivity index is 0.00000289. The van der Waals surface area contributed by atoms with Crippen molar-refractivity contribution in [3.63, 3.8) is 0 Å². The van der Waals surface area contributed by atoms with Gasteiger partial charge in [-0.2, -0.15) is 0 Å². The van der Waals surface area contributed by atoms with Crippen LogP contribution in [0.4, 0.5) is 10.1 Å². The summed E-state index contributed by atoms with van der Waals surface area (Å²) in [4.78, 5) is 20.7. The molecule has 1 aromatic heterocycles. The van der Waals surface area contributed by atoms with E-state index in [2.05, 4.69) is 56.5 Å². The third-order valence-corrected chi connectivity index (χ3v) is 8.86. The normalized spacial score (nSPS) is 20.1. The second kappa shape index (κ2) is 10.3. The van der Waals surface area contributed by atoms with Gasteiger partial charge in [0.2, 0.25) is 5.91 Å². The summed E-state index contributed by atoms with van der Waals surface area (Å²) in [7, 11) is 0. The van der Waals surface area contributed by atoms with E-state index < -0.39 is 5.54 Å². The van der Waals surface area contributed by atoms with Crippen LogP contribution in [0.15, 0.2) is 66.9 Å². The Morgan fingerprint density at radius 3 is 2.48 bits per heavy atom. The third kappa shape index (κ3) is 4.24. The van der Waals surface area contributed by atoms with E-state index in [0.717, 1.165) is 25.2 Å². The first-order chi connectivity index (χ1) is 19.1. The number of aliphatic hydroxyl groups excluding tert-OH is 1. The highest BCUT2D eigenvalue weighted by atomic mass is 19.1. The van der Waals surface area contributed by atoms with Crippen LogP contribution in [-0.2, 0) is 24.4 Å². The Morgan fingerprint density at radius 2 is 1.75 bits per heavy atom. The SMILES string of the molecule is C.O=C1N(CCn2cc(CO)nn2)CN(c2ccc(F)cc2)C12CCN([C@@H]1Cc3cccc4cccc1c34)CC2. The van der Waals surface area contributed by atoms with E-state index in [9.17, 15) is 14.3 Å². The molecule has 7 rings (SSSR count). The summed E-state index contributed by atoms with van der Waals surface area (Å²) >= 11 is 0. The van der Waals surface area contributed by atoms with Crippen molar-refractivity contribution >= 4 is 22.4 Å². The molecule has 4 aromatic rings. The first-order valence-electron chi connectivity index (χ1n) is 13.6. The van der Waals surface area contributed by atoms with E-state index in [1.54, 1.807) is 23.0 Å². The number of piperidine rings is 1. The number of amides is 1. The standard InChI is InChI=1S/C30H31FN6O2.CH4/c31-23-7-9-25(10-8-23)37-20-35(15-16-36-18-24(19-38)32-33-36)29(39)30(37)11-13-34(14-12-30)27-17-22-5-1-3-21-4-2-6-26(27)28(21)22;/h1-10,18,27,38H,11-17,19-20H2;1H4/t27-;/m1./s1. The molecule has 3 aliphatic rings. The van der Waals surface area contributed by atoms with Gasteiger partial charge in [0.05, 0.1) is 26.0 Å². The number of halogens is 1. The fourth-order valence-corrected chi connectivity index (χ4v) is 6.88. The number of aliphatic hydroxyl groups is 1. The van der Waals surface area contributed by atoms with E-state index >= 15 is 0 Å². The molecular formula is C31H35FN6O2. The largest absolute Gasteiger partial charge is 0.390 e. The lowest BCUT2D eigenvalue weighted by atomic mass is 9.84. The molecule has 1 atom stereocenters. The minimum absolute atomic E-state index is 0. The Bertz CT molecular complexity index is 1520. The molecular weight excluding hydrogens is 507 g/mol. The zero-order chi connectivity index (χ0) is 26.6. The molecule has 1 aliphatic carbocycles. The summed E-state index contributed by atoms with van der Waals surface area (Å²) in [6.07, 6.45) is 4.12. The molecule has 2 aliphatic heterocycles. The van der Waals surface area contributed by atoms with Gasteiger partial charge in [0, 0.05) is 31.4 Å². The maximum absolute atomic E-state index is 14.1. The summed E-state index contributed by atoms with van der Waals surface area (Å²) in [5, 5.41) is 20.0. The summed E-state index contributed by atoms with van der Waals surface area (Å²) in [5.41, 5.74) is 3.50. The average Bonchev–Trinajstić information content (AvgIpc) is 3.66. The second-order valence-electron chi connectivity index (χ2n) is 10.9. The van der Waals surface area contributed by atoms with Crippen LogP contribution in [-0.4, -0.2) is 67.6 Å². The highest BCUT2D eigenvalue weighted by Gasteiger charge is 2.54. The van der Waals surface area contributed by atoms with Crippen molar-refractivity contribution in [3.8, 4) is 0 Å². The number of hydrogen-bond acceptors (Lipinski definition) is 6. The topological polar surface area (TPSA) is 77.7 Å². The van der Waals surface area contributed by atoms with Gasteiger partial charge in [0.15, 0.2) is 0 Å². The minimum atomic E-state index is -0.662. The van der Waals surface area contributed by atoms with Crippen molar-refractivity contribution in [3.05, 3.63) is 89.5 Å². The Morgan fingerprint density at radius 1 is 1.00 bits per heavy atom. The summed E-state index contributed by atoms with van der Waals surface area (Å²) in [6, 6.07) is 20.0. The quantitative estimate of drug-likeness (QED) is 0.395. The smallest absolute Gasteiger partial charge is 0.250 e. The van der Waals surface area contributed by atoms with Gasteiger partial charge < -0.3 is 14.9 Å². The molecule has 3 heterocycles. The van der Waals surface area contributed by atoms with E-state index in [-0.39, 0.29) is 25.8 Å². The van der Waals surface area contributed by atoms with E-state index in [1.807, 2.05) is 4.90 Å². The number of anilines is 1. The molecule has 9 heteroatoms. The molecule has 208 valence electrons. The second-order valence-corrected chi connectivity index (χ2v) is 10.9. The molecule has 2 fully saturated rings. The summed E-state index contributed by atoms with van der Waals surface area (Å²) < 4.78 is 15.5. The van der Waals surface area contributed by atoms with Gasteiger partial charge in [-0.05, 0) is 65.4 Å². The van der Waals surface area contributed by atoms with Crippen LogP contribution >= 0.6 is 0 Å². The number of rotatable bonds is 6. The van der Waals surface area contributed by atoms with Crippen molar-refractivity contribution < 1.29 is 14.3 Å². The average molecular weight is 543 g/mol. The molecule has 1 N–H and O–H groups in total. The zero-order valence-corrected chi connectivity index (χ0v) is 21.7. The van der Waals surface area contributed by atoms with Crippen molar-refractivity contribution in [1.29, 1.82) is 0 Å². The number of carbonyl (C=O) groups is 1. The van der Waals surface area contributed by atoms with Gasteiger partial charge >= 0.3 is 0 Å². The van der Waals surface area contributed by atoms with Gasteiger partial charge in [-0.25, -0.2) is 4.39 Å². The lowest BCUT2D eigenvalue weighted by Gasteiger charge is -2.45. The number of carbonyl (C=O) groups excluding carboxylic acids is 1. The molecule has 2 saturated heterocycles. The van der Waals surface area contributed by atoms with Crippen LogP contribution in [0.25, 0.3) is 10.8 Å². The van der Waals surface area contributed by atoms with E-state index in [4.69, 9.17) is 0 Å². The fraction of sp³-hybridized carbons (Fsp3) is 0.387. The molecule has 0 unspecified atom stereocenters. The number of likely N-dealkylation sites (tertiary alicyclic amines) is 1. The molecule has 1 spiro atoms. The van der Waals surface area contributed by atoms with Crippen molar-refractivity contribution in [2.24, 2.45) is 0 Å². The van der Waals surface area contributed by atoms with Gasteiger partial charge in [-0.1, -0.05) is 49.0 Å². The summed E-state index contributed by atoms with van der Waals surface area (Å²) in [5.74, 6) is -0.170. The number of benzene rings is 3. The van der Waals surface area contributed by atoms with Gasteiger partial charge in [-0.3, -0.25) is 14.4 Å². The lowest BCUT2D eigenvalue weighted by molar-refractivity contribution is -0.134. The van der Waals surface area contributed by atoms with Crippen molar-refractivity contribution in [2.75, 3.05) is 31.2 Å². The van der Waals surface area contributed by atoms with Crippen LogP contribution in [0, 0.1) is 5.82 Å². The van der Waals surface area contributed by atoms with Crippen LogP contribution in [0.3, 0.4) is 0 Å². The van der Waals surface area contributed by atoms with Crippen LogP contribution in [0.2, 0.25) is 0 Å². The molecule has 8 nitrogen and oxygen atoms in total. The number of hydrogen-bond donors (Lipinski definition) is 1. The monoisotopic (exact) mass is 542 g/mol. The molecule has 0 bridgehead atoms. The van der Waals surface area contributed by atoms with Gasteiger partial charge in [0.25, 0.3) is 0 Å². The number of nitrogens with zero attached hydrogens (tertiary/aromatic N) is 6. The highest BCUT2D eigenvalue weighted by Crippen LogP contribution is 2.45. The van der Waals surface area contributed by atoms with E-state index in [1.165, 1.54) is 34.0 Å².